The van der Waals surface area contributed by atoms with Gasteiger partial charge in [-0.05, 0) is 36.1 Å². The maximum absolute atomic E-state index is 13.8. The molecule has 0 saturated carbocycles. The van der Waals surface area contributed by atoms with Gasteiger partial charge in [0.15, 0.2) is 0 Å². The molecule has 2 N–H and O–H groups in total. The van der Waals surface area contributed by atoms with Crippen molar-refractivity contribution in [1.29, 1.82) is 0 Å². The molecule has 2 saturated heterocycles. The number of carbonyl (C=O) groups is 3. The van der Waals surface area contributed by atoms with Crippen LogP contribution >= 0.6 is 0 Å². The molecule has 2 amide bonds. The standard InChI is InChI=1S/C26H29F2N3O7/c1-15(2)17-6-4-5-7-18(17)26(21(32)30-19-9-8-16(3)29-20(19)38-23(27)28)10-31(11-26)24(35)37-14-25(22(33)34)12-36-13-25/h4-9,15,23H,10-14H2,1-3H3,(H,30,32)(H,33,34). The summed E-state index contributed by atoms with van der Waals surface area (Å²) in [5.74, 6) is -2.02. The zero-order chi connectivity index (χ0) is 27.7. The van der Waals surface area contributed by atoms with Crippen molar-refractivity contribution in [2.24, 2.45) is 5.41 Å². The maximum atomic E-state index is 13.8. The fraction of sp³-hybridized carbons (Fsp3) is 0.462. The van der Waals surface area contributed by atoms with Gasteiger partial charge in [-0.15, -0.1) is 0 Å². The van der Waals surface area contributed by atoms with Crippen molar-refractivity contribution in [2.75, 3.05) is 38.2 Å². The molecule has 204 valence electrons. The van der Waals surface area contributed by atoms with Gasteiger partial charge in [0.05, 0.1) is 13.2 Å². The number of carboxylic acids is 1. The highest BCUT2D eigenvalue weighted by atomic mass is 19.3. The summed E-state index contributed by atoms with van der Waals surface area (Å²) in [4.78, 5) is 43.4. The number of carbonyl (C=O) groups excluding carboxylic acids is 2. The van der Waals surface area contributed by atoms with E-state index in [-0.39, 0.29) is 44.5 Å². The van der Waals surface area contributed by atoms with Crippen LogP contribution in [0, 0.1) is 12.3 Å². The quantitative estimate of drug-likeness (QED) is 0.501. The van der Waals surface area contributed by atoms with Crippen LogP contribution in [0.1, 0.15) is 36.6 Å². The number of pyridine rings is 1. The number of amides is 2. The SMILES string of the molecule is Cc1ccc(NC(=O)C2(c3ccccc3C(C)C)CN(C(=O)OCC3(C(=O)O)COC3)C2)c(OC(F)F)n1. The van der Waals surface area contributed by atoms with E-state index in [9.17, 15) is 28.3 Å². The number of hydrogen-bond acceptors (Lipinski definition) is 7. The monoisotopic (exact) mass is 533 g/mol. The average Bonchev–Trinajstić information content (AvgIpc) is 2.79. The Hall–Kier alpha value is -3.80. The van der Waals surface area contributed by atoms with Crippen LogP contribution in [-0.4, -0.2) is 72.5 Å². The predicted octanol–water partition coefficient (Wildman–Crippen LogP) is 3.54. The molecule has 0 radical (unpaired) electrons. The van der Waals surface area contributed by atoms with Gasteiger partial charge in [0.2, 0.25) is 11.8 Å². The molecular weight excluding hydrogens is 504 g/mol. The van der Waals surface area contributed by atoms with Gasteiger partial charge in [-0.3, -0.25) is 9.59 Å². The first kappa shape index (κ1) is 27.2. The largest absolute Gasteiger partial charge is 0.481 e. The van der Waals surface area contributed by atoms with E-state index < -0.39 is 41.3 Å². The van der Waals surface area contributed by atoms with Crippen LogP contribution in [0.4, 0.5) is 19.3 Å². The average molecular weight is 534 g/mol. The van der Waals surface area contributed by atoms with Crippen molar-refractivity contribution in [3.05, 3.63) is 53.2 Å². The minimum atomic E-state index is -3.14. The Kier molecular flexibility index (Phi) is 7.54. The Balaban J connectivity index is 1.59. The van der Waals surface area contributed by atoms with Crippen LogP contribution in [0.3, 0.4) is 0 Å². The molecule has 38 heavy (non-hydrogen) atoms. The topological polar surface area (TPSA) is 127 Å². The molecule has 3 heterocycles. The summed E-state index contributed by atoms with van der Waals surface area (Å²) in [7, 11) is 0. The van der Waals surface area contributed by atoms with Crippen LogP contribution in [0.5, 0.6) is 5.88 Å². The van der Waals surface area contributed by atoms with Crippen molar-refractivity contribution >= 4 is 23.7 Å². The molecule has 4 rings (SSSR count). The molecule has 1 aromatic carbocycles. The second kappa shape index (κ2) is 10.5. The zero-order valence-electron chi connectivity index (χ0n) is 21.2. The van der Waals surface area contributed by atoms with Crippen LogP contribution in [-0.2, 0) is 24.5 Å². The first-order valence-electron chi connectivity index (χ1n) is 12.0. The van der Waals surface area contributed by atoms with Gasteiger partial charge >= 0.3 is 18.7 Å². The van der Waals surface area contributed by atoms with E-state index in [0.29, 0.717) is 11.3 Å². The lowest BCUT2D eigenvalue weighted by Crippen LogP contribution is -2.67. The molecular formula is C26H29F2N3O7. The number of aliphatic carboxylic acids is 1. The van der Waals surface area contributed by atoms with Gasteiger partial charge in [0, 0.05) is 18.8 Å². The zero-order valence-corrected chi connectivity index (χ0v) is 21.2. The van der Waals surface area contributed by atoms with E-state index >= 15 is 0 Å². The number of aromatic nitrogens is 1. The number of hydrogen-bond donors (Lipinski definition) is 2. The highest BCUT2D eigenvalue weighted by Gasteiger charge is 2.55. The fourth-order valence-electron chi connectivity index (χ4n) is 4.56. The Morgan fingerprint density at radius 1 is 1.16 bits per heavy atom. The lowest BCUT2D eigenvalue weighted by molar-refractivity contribution is -0.188. The summed E-state index contributed by atoms with van der Waals surface area (Å²) in [6.07, 6.45) is -0.762. The van der Waals surface area contributed by atoms with Gasteiger partial charge < -0.3 is 29.5 Å². The highest BCUT2D eigenvalue weighted by molar-refractivity contribution is 6.02. The normalized spacial score (nSPS) is 17.4. The number of ether oxygens (including phenoxy) is 3. The van der Waals surface area contributed by atoms with E-state index in [4.69, 9.17) is 9.47 Å². The number of nitrogens with one attached hydrogen (secondary N) is 1. The van der Waals surface area contributed by atoms with Crippen molar-refractivity contribution < 1.29 is 42.5 Å². The number of benzene rings is 1. The molecule has 1 aromatic heterocycles. The number of halogens is 2. The maximum Gasteiger partial charge on any atom is 0.409 e. The smallest absolute Gasteiger partial charge is 0.409 e. The van der Waals surface area contributed by atoms with Crippen LogP contribution in [0.15, 0.2) is 36.4 Å². The Morgan fingerprint density at radius 3 is 2.42 bits per heavy atom. The summed E-state index contributed by atoms with van der Waals surface area (Å²) in [6.45, 7) is 1.80. The molecule has 2 fully saturated rings. The predicted molar refractivity (Wildman–Crippen MR) is 130 cm³/mol. The minimum absolute atomic E-state index is 0.0308. The number of rotatable bonds is 9. The van der Waals surface area contributed by atoms with Gasteiger partial charge in [0.25, 0.3) is 0 Å². The summed E-state index contributed by atoms with van der Waals surface area (Å²) in [6, 6.07) is 10.3. The third kappa shape index (κ3) is 5.13. The lowest BCUT2D eigenvalue weighted by atomic mass is 9.70. The van der Waals surface area contributed by atoms with E-state index in [0.717, 1.165) is 5.56 Å². The van der Waals surface area contributed by atoms with Crippen LogP contribution in [0.25, 0.3) is 0 Å². The fourth-order valence-corrected chi connectivity index (χ4v) is 4.56. The molecule has 2 aromatic rings. The van der Waals surface area contributed by atoms with E-state index in [1.807, 2.05) is 26.0 Å². The molecule has 12 heteroatoms. The molecule has 10 nitrogen and oxygen atoms in total. The van der Waals surface area contributed by atoms with Gasteiger partial charge in [-0.25, -0.2) is 9.78 Å². The highest BCUT2D eigenvalue weighted by Crippen LogP contribution is 2.41. The molecule has 2 aliphatic heterocycles. The second-order valence-corrected chi connectivity index (χ2v) is 9.95. The first-order valence-corrected chi connectivity index (χ1v) is 12.0. The van der Waals surface area contributed by atoms with Gasteiger partial charge in [-0.2, -0.15) is 8.78 Å². The molecule has 0 unspecified atom stereocenters. The number of anilines is 1. The first-order chi connectivity index (χ1) is 18.0. The van der Waals surface area contributed by atoms with E-state index in [2.05, 4.69) is 15.0 Å². The second-order valence-electron chi connectivity index (χ2n) is 9.95. The van der Waals surface area contributed by atoms with Crippen molar-refractivity contribution in [1.82, 2.24) is 9.88 Å². The van der Waals surface area contributed by atoms with Crippen molar-refractivity contribution in [2.45, 2.75) is 38.7 Å². The number of nitrogens with zero attached hydrogens (tertiary/aromatic N) is 2. The lowest BCUT2D eigenvalue weighted by Gasteiger charge is -2.49. The number of carboxylic acid groups (broad SMARTS) is 1. The summed E-state index contributed by atoms with van der Waals surface area (Å²) in [5, 5.41) is 12.1. The minimum Gasteiger partial charge on any atom is -0.481 e. The number of alkyl halides is 2. The molecule has 0 spiro atoms. The van der Waals surface area contributed by atoms with Crippen molar-refractivity contribution in [3.8, 4) is 5.88 Å². The van der Waals surface area contributed by atoms with Crippen LogP contribution < -0.4 is 10.1 Å². The Labute approximate surface area is 217 Å². The molecule has 0 atom stereocenters. The molecule has 0 bridgehead atoms. The van der Waals surface area contributed by atoms with Crippen LogP contribution in [0.2, 0.25) is 0 Å². The Bertz CT molecular complexity index is 1230. The third-order valence-corrected chi connectivity index (χ3v) is 6.84. The van der Waals surface area contributed by atoms with E-state index in [1.54, 1.807) is 25.1 Å². The Morgan fingerprint density at radius 2 is 1.84 bits per heavy atom. The summed E-state index contributed by atoms with van der Waals surface area (Å²) < 4.78 is 40.8. The number of likely N-dealkylation sites (tertiary alicyclic amines) is 1. The summed E-state index contributed by atoms with van der Waals surface area (Å²) >= 11 is 0. The number of aryl methyl sites for hydroxylation is 1. The van der Waals surface area contributed by atoms with Gasteiger partial charge in [0.1, 0.15) is 23.1 Å². The van der Waals surface area contributed by atoms with Crippen molar-refractivity contribution in [3.63, 3.8) is 0 Å². The third-order valence-electron chi connectivity index (χ3n) is 6.84. The molecule has 0 aliphatic carbocycles. The molecule has 2 aliphatic rings. The van der Waals surface area contributed by atoms with E-state index in [1.165, 1.54) is 11.0 Å². The van der Waals surface area contributed by atoms with Gasteiger partial charge in [-0.1, -0.05) is 38.1 Å². The summed E-state index contributed by atoms with van der Waals surface area (Å²) in [5.41, 5.74) is -0.542.